The van der Waals surface area contributed by atoms with Crippen LogP contribution in [-0.2, 0) is 16.0 Å². The maximum absolute atomic E-state index is 5.84. The standard InChI is InChI=1S/C25H42N4O2.HI/c1-21-4-6-23(7-5-21)19-29-13-8-22(9-14-29)18-28-25(26-2)27-12-3-15-31-20-24-10-16-30-17-11-24;/h4-7,22,24H,3,8-20H2,1-2H3,(H2,26,27,28);1H. The van der Waals surface area contributed by atoms with Crippen molar-refractivity contribution in [2.24, 2.45) is 16.8 Å². The number of benzene rings is 1. The molecule has 0 atom stereocenters. The smallest absolute Gasteiger partial charge is 0.190 e. The molecule has 0 bridgehead atoms. The summed E-state index contributed by atoms with van der Waals surface area (Å²) in [6.07, 6.45) is 5.77. The Hall–Kier alpha value is -0.900. The van der Waals surface area contributed by atoms with Crippen LogP contribution in [0, 0.1) is 18.8 Å². The van der Waals surface area contributed by atoms with E-state index in [0.29, 0.717) is 5.92 Å². The van der Waals surface area contributed by atoms with Gasteiger partial charge in [0.05, 0.1) is 0 Å². The fourth-order valence-corrected chi connectivity index (χ4v) is 4.31. The van der Waals surface area contributed by atoms with Gasteiger partial charge in [-0.25, -0.2) is 0 Å². The third kappa shape index (κ3) is 10.4. The molecule has 2 aliphatic rings. The minimum atomic E-state index is 0. The van der Waals surface area contributed by atoms with Crippen LogP contribution in [0.3, 0.4) is 0 Å². The predicted molar refractivity (Wildman–Crippen MR) is 143 cm³/mol. The van der Waals surface area contributed by atoms with Gasteiger partial charge in [-0.3, -0.25) is 9.89 Å². The van der Waals surface area contributed by atoms with Gasteiger partial charge in [-0.15, -0.1) is 24.0 Å². The van der Waals surface area contributed by atoms with E-state index >= 15 is 0 Å². The van der Waals surface area contributed by atoms with Crippen LogP contribution in [0.2, 0.25) is 0 Å². The molecule has 182 valence electrons. The normalized spacial score (nSPS) is 18.9. The highest BCUT2D eigenvalue weighted by molar-refractivity contribution is 14.0. The summed E-state index contributed by atoms with van der Waals surface area (Å²) in [4.78, 5) is 6.95. The second-order valence-electron chi connectivity index (χ2n) is 9.07. The van der Waals surface area contributed by atoms with E-state index in [1.54, 1.807) is 0 Å². The van der Waals surface area contributed by atoms with Gasteiger partial charge in [0, 0.05) is 53.1 Å². The predicted octanol–water partition coefficient (Wildman–Crippen LogP) is 3.82. The second-order valence-corrected chi connectivity index (χ2v) is 9.07. The van der Waals surface area contributed by atoms with Crippen LogP contribution in [0.15, 0.2) is 29.3 Å². The van der Waals surface area contributed by atoms with E-state index in [1.165, 1.54) is 37.1 Å². The number of nitrogens with one attached hydrogen (secondary N) is 2. The van der Waals surface area contributed by atoms with E-state index in [-0.39, 0.29) is 24.0 Å². The number of nitrogens with zero attached hydrogens (tertiary/aromatic N) is 2. The topological polar surface area (TPSA) is 58.1 Å². The van der Waals surface area contributed by atoms with Crippen LogP contribution in [0.1, 0.15) is 43.2 Å². The molecule has 3 rings (SSSR count). The summed E-state index contributed by atoms with van der Waals surface area (Å²) >= 11 is 0. The molecule has 2 saturated heterocycles. The SMILES string of the molecule is CN=C(NCCCOCC1CCOCC1)NCC1CCN(Cc2ccc(C)cc2)CC1.I. The molecule has 7 heteroatoms. The zero-order valence-corrected chi connectivity index (χ0v) is 22.3. The van der Waals surface area contributed by atoms with Gasteiger partial charge in [-0.05, 0) is 69.5 Å². The molecule has 0 amide bonds. The van der Waals surface area contributed by atoms with Crippen molar-refractivity contribution < 1.29 is 9.47 Å². The lowest BCUT2D eigenvalue weighted by Crippen LogP contribution is -2.43. The van der Waals surface area contributed by atoms with E-state index in [0.717, 1.165) is 77.2 Å². The molecule has 6 nitrogen and oxygen atoms in total. The summed E-state index contributed by atoms with van der Waals surface area (Å²) in [5, 5.41) is 6.94. The number of hydrogen-bond acceptors (Lipinski definition) is 4. The highest BCUT2D eigenvalue weighted by Gasteiger charge is 2.19. The summed E-state index contributed by atoms with van der Waals surface area (Å²) in [6.45, 7) is 10.9. The van der Waals surface area contributed by atoms with Crippen LogP contribution >= 0.6 is 24.0 Å². The fourth-order valence-electron chi connectivity index (χ4n) is 4.31. The third-order valence-electron chi connectivity index (χ3n) is 6.47. The summed E-state index contributed by atoms with van der Waals surface area (Å²) in [5.41, 5.74) is 2.75. The molecule has 0 spiro atoms. The zero-order chi connectivity index (χ0) is 21.7. The lowest BCUT2D eigenvalue weighted by atomic mass is 9.96. The van der Waals surface area contributed by atoms with Gasteiger partial charge < -0.3 is 20.1 Å². The molecular formula is C25H43IN4O2. The average Bonchev–Trinajstić information content (AvgIpc) is 2.81. The van der Waals surface area contributed by atoms with Gasteiger partial charge in [0.1, 0.15) is 0 Å². The van der Waals surface area contributed by atoms with Crippen molar-refractivity contribution in [3.63, 3.8) is 0 Å². The van der Waals surface area contributed by atoms with Crippen molar-refractivity contribution in [2.45, 2.75) is 45.6 Å². The van der Waals surface area contributed by atoms with Crippen LogP contribution in [0.5, 0.6) is 0 Å². The van der Waals surface area contributed by atoms with E-state index in [9.17, 15) is 0 Å². The number of halogens is 1. The number of ether oxygens (including phenoxy) is 2. The van der Waals surface area contributed by atoms with Gasteiger partial charge in [0.25, 0.3) is 0 Å². The third-order valence-corrected chi connectivity index (χ3v) is 6.47. The van der Waals surface area contributed by atoms with Gasteiger partial charge in [-0.1, -0.05) is 29.8 Å². The second kappa shape index (κ2) is 15.9. The Bertz CT molecular complexity index is 642. The summed E-state index contributed by atoms with van der Waals surface area (Å²) < 4.78 is 11.2. The number of guanidine groups is 1. The molecule has 2 N–H and O–H groups in total. The van der Waals surface area contributed by atoms with Crippen molar-refractivity contribution in [1.29, 1.82) is 0 Å². The Labute approximate surface area is 211 Å². The van der Waals surface area contributed by atoms with Crippen molar-refractivity contribution in [2.75, 3.05) is 59.7 Å². The van der Waals surface area contributed by atoms with Gasteiger partial charge in [0.2, 0.25) is 0 Å². The van der Waals surface area contributed by atoms with Crippen molar-refractivity contribution >= 4 is 29.9 Å². The summed E-state index contributed by atoms with van der Waals surface area (Å²) in [5.74, 6) is 2.31. The minimum Gasteiger partial charge on any atom is -0.381 e. The first-order chi connectivity index (χ1) is 15.2. The molecule has 32 heavy (non-hydrogen) atoms. The molecular weight excluding hydrogens is 515 g/mol. The Morgan fingerprint density at radius 3 is 2.47 bits per heavy atom. The van der Waals surface area contributed by atoms with Crippen molar-refractivity contribution in [1.82, 2.24) is 15.5 Å². The number of rotatable bonds is 10. The van der Waals surface area contributed by atoms with E-state index in [1.807, 2.05) is 7.05 Å². The number of likely N-dealkylation sites (tertiary alicyclic amines) is 1. The molecule has 0 saturated carbocycles. The minimum absolute atomic E-state index is 0. The van der Waals surface area contributed by atoms with E-state index in [4.69, 9.17) is 9.47 Å². The molecule has 1 aromatic carbocycles. The van der Waals surface area contributed by atoms with E-state index in [2.05, 4.69) is 51.7 Å². The highest BCUT2D eigenvalue weighted by atomic mass is 127. The van der Waals surface area contributed by atoms with Crippen LogP contribution in [0.25, 0.3) is 0 Å². The zero-order valence-electron chi connectivity index (χ0n) is 20.0. The summed E-state index contributed by atoms with van der Waals surface area (Å²) in [6, 6.07) is 8.94. The molecule has 0 unspecified atom stereocenters. The molecule has 2 fully saturated rings. The van der Waals surface area contributed by atoms with Gasteiger partial charge in [0.15, 0.2) is 5.96 Å². The molecule has 0 aromatic heterocycles. The lowest BCUT2D eigenvalue weighted by molar-refractivity contribution is 0.0203. The number of aryl methyl sites for hydroxylation is 1. The quantitative estimate of drug-likeness (QED) is 0.198. The van der Waals surface area contributed by atoms with Crippen LogP contribution < -0.4 is 10.6 Å². The number of aliphatic imine (C=N–C) groups is 1. The maximum Gasteiger partial charge on any atom is 0.190 e. The monoisotopic (exact) mass is 558 g/mol. The average molecular weight is 559 g/mol. The summed E-state index contributed by atoms with van der Waals surface area (Å²) in [7, 11) is 1.85. The molecule has 2 heterocycles. The first-order valence-corrected chi connectivity index (χ1v) is 12.1. The Kier molecular flexibility index (Phi) is 13.5. The van der Waals surface area contributed by atoms with E-state index < -0.39 is 0 Å². The Morgan fingerprint density at radius 1 is 1.06 bits per heavy atom. The molecule has 0 aliphatic carbocycles. The van der Waals surface area contributed by atoms with Crippen molar-refractivity contribution in [3.8, 4) is 0 Å². The highest BCUT2D eigenvalue weighted by Crippen LogP contribution is 2.18. The van der Waals surface area contributed by atoms with Crippen LogP contribution in [-0.4, -0.2) is 70.5 Å². The Morgan fingerprint density at radius 2 is 1.78 bits per heavy atom. The molecule has 0 radical (unpaired) electrons. The largest absolute Gasteiger partial charge is 0.381 e. The van der Waals surface area contributed by atoms with Gasteiger partial charge >= 0.3 is 0 Å². The maximum atomic E-state index is 5.84. The first kappa shape index (κ1) is 27.3. The molecule has 1 aromatic rings. The molecule has 2 aliphatic heterocycles. The van der Waals surface area contributed by atoms with Crippen LogP contribution in [0.4, 0.5) is 0 Å². The number of hydrogen-bond donors (Lipinski definition) is 2. The van der Waals surface area contributed by atoms with Crippen molar-refractivity contribution in [3.05, 3.63) is 35.4 Å². The van der Waals surface area contributed by atoms with Gasteiger partial charge in [-0.2, -0.15) is 0 Å². The number of piperidine rings is 1. The Balaban J connectivity index is 0.00000363. The first-order valence-electron chi connectivity index (χ1n) is 12.1. The lowest BCUT2D eigenvalue weighted by Gasteiger charge is -2.32. The fraction of sp³-hybridized carbons (Fsp3) is 0.720.